The van der Waals surface area contributed by atoms with Gasteiger partial charge in [-0.15, -0.1) is 0 Å². The largest absolute Gasteiger partial charge is 0.455 e. The van der Waals surface area contributed by atoms with Crippen molar-refractivity contribution in [1.82, 2.24) is 5.32 Å². The molecule has 2 atom stereocenters. The third-order valence-electron chi connectivity index (χ3n) is 5.03. The minimum absolute atomic E-state index is 0.107. The molecular weight excluding hydrogens is 352 g/mol. The fourth-order valence-electron chi connectivity index (χ4n) is 3.98. The summed E-state index contributed by atoms with van der Waals surface area (Å²) >= 11 is 0. The topological polar surface area (TPSA) is 65.4 Å². The van der Waals surface area contributed by atoms with Gasteiger partial charge in [-0.05, 0) is 31.0 Å². The number of amides is 1. The highest BCUT2D eigenvalue weighted by Crippen LogP contribution is 2.48. The molecule has 0 spiro atoms. The summed E-state index contributed by atoms with van der Waals surface area (Å²) in [5.74, 6) is -0.840. The van der Waals surface area contributed by atoms with E-state index < -0.39 is 17.7 Å². The van der Waals surface area contributed by atoms with E-state index in [1.54, 1.807) is 6.07 Å². The monoisotopic (exact) mass is 369 g/mol. The summed E-state index contributed by atoms with van der Waals surface area (Å²) in [5, 5.41) is 12.1. The summed E-state index contributed by atoms with van der Waals surface area (Å²) in [6.45, 7) is 1.99. The first kappa shape index (κ1) is 17.3. The number of carbonyl (C=O) groups excluding carboxylic acids is 1. The molecule has 138 valence electrons. The highest BCUT2D eigenvalue weighted by atomic mass is 19.1. The summed E-state index contributed by atoms with van der Waals surface area (Å²) in [7, 11) is 0. The van der Waals surface area contributed by atoms with Crippen molar-refractivity contribution in [3.8, 4) is 17.6 Å². The number of piperidine rings is 1. The Labute approximate surface area is 155 Å². The van der Waals surface area contributed by atoms with Crippen LogP contribution in [0.4, 0.5) is 14.5 Å². The molecule has 1 amide bonds. The van der Waals surface area contributed by atoms with Gasteiger partial charge in [0.25, 0.3) is 0 Å². The Morgan fingerprint density at radius 1 is 1.30 bits per heavy atom. The number of hydrogen-bond acceptors (Lipinski definition) is 4. The average molecular weight is 369 g/mol. The molecule has 0 bridgehead atoms. The number of carbonyl (C=O) groups is 1. The Morgan fingerprint density at radius 2 is 2.11 bits per heavy atom. The number of nitriles is 1. The second-order valence-electron chi connectivity index (χ2n) is 6.75. The minimum atomic E-state index is -0.692. The highest BCUT2D eigenvalue weighted by molar-refractivity contribution is 5.74. The van der Waals surface area contributed by atoms with Crippen LogP contribution in [0.25, 0.3) is 0 Å². The van der Waals surface area contributed by atoms with Gasteiger partial charge in [-0.2, -0.15) is 5.26 Å². The standard InChI is InChI=1S/C20H17F2N3O2/c1-11(26)24-15-5-3-7-25-16-8-12(10-23)14(22)9-18(16)27-17-6-2-4-13(21)19(17)20(15)25/h2,4,6,8-9,15,20H,3,5,7H2,1H3,(H,24,26). The molecule has 7 heteroatoms. The number of anilines is 1. The van der Waals surface area contributed by atoms with E-state index in [1.165, 1.54) is 25.1 Å². The number of hydrogen-bond donors (Lipinski definition) is 1. The van der Waals surface area contributed by atoms with Gasteiger partial charge in [-0.25, -0.2) is 8.78 Å². The van der Waals surface area contributed by atoms with E-state index >= 15 is 0 Å². The minimum Gasteiger partial charge on any atom is -0.455 e. The summed E-state index contributed by atoms with van der Waals surface area (Å²) in [6.07, 6.45) is 1.43. The Hall–Kier alpha value is -3.14. The van der Waals surface area contributed by atoms with E-state index in [2.05, 4.69) is 5.32 Å². The summed E-state index contributed by atoms with van der Waals surface area (Å²) in [4.78, 5) is 13.6. The van der Waals surface area contributed by atoms with Crippen molar-refractivity contribution in [3.63, 3.8) is 0 Å². The van der Waals surface area contributed by atoms with Crippen molar-refractivity contribution < 1.29 is 18.3 Å². The van der Waals surface area contributed by atoms with Crippen molar-refractivity contribution in [2.75, 3.05) is 11.4 Å². The maximum atomic E-state index is 14.8. The first-order valence-electron chi connectivity index (χ1n) is 8.73. The number of nitrogens with one attached hydrogen (secondary N) is 1. The van der Waals surface area contributed by atoms with Crippen molar-refractivity contribution in [2.24, 2.45) is 0 Å². The van der Waals surface area contributed by atoms with Gasteiger partial charge < -0.3 is 15.0 Å². The molecule has 2 heterocycles. The van der Waals surface area contributed by atoms with Crippen LogP contribution >= 0.6 is 0 Å². The van der Waals surface area contributed by atoms with Gasteiger partial charge in [-0.1, -0.05) is 6.07 Å². The molecule has 2 aromatic rings. The lowest BCUT2D eigenvalue weighted by Gasteiger charge is -2.42. The number of fused-ring (bicyclic) bond motifs is 5. The predicted molar refractivity (Wildman–Crippen MR) is 94.5 cm³/mol. The summed E-state index contributed by atoms with van der Waals surface area (Å²) in [6, 6.07) is 8.07. The van der Waals surface area contributed by atoms with Crippen molar-refractivity contribution in [3.05, 3.63) is 53.1 Å². The molecule has 0 aromatic heterocycles. The van der Waals surface area contributed by atoms with Crippen LogP contribution in [0, 0.1) is 23.0 Å². The Kier molecular flexibility index (Phi) is 4.19. The van der Waals surface area contributed by atoms with Crippen LogP contribution in [0.2, 0.25) is 0 Å². The van der Waals surface area contributed by atoms with Crippen molar-refractivity contribution in [1.29, 1.82) is 5.26 Å². The fourth-order valence-corrected chi connectivity index (χ4v) is 3.98. The lowest BCUT2D eigenvalue weighted by atomic mass is 9.89. The van der Waals surface area contributed by atoms with E-state index in [4.69, 9.17) is 4.74 Å². The summed E-state index contributed by atoms with van der Waals surface area (Å²) in [5.41, 5.74) is 0.735. The quantitative estimate of drug-likeness (QED) is 0.831. The molecular formula is C20H17F2N3O2. The third-order valence-corrected chi connectivity index (χ3v) is 5.03. The average Bonchev–Trinajstić information content (AvgIpc) is 2.76. The van der Waals surface area contributed by atoms with Gasteiger partial charge in [0.15, 0.2) is 5.75 Å². The molecule has 0 radical (unpaired) electrons. The van der Waals surface area contributed by atoms with Gasteiger partial charge in [0.2, 0.25) is 5.91 Å². The molecule has 1 saturated heterocycles. The van der Waals surface area contributed by atoms with Crippen LogP contribution < -0.4 is 15.0 Å². The van der Waals surface area contributed by atoms with Crippen LogP contribution in [0.5, 0.6) is 11.5 Å². The fraction of sp³-hybridized carbons (Fsp3) is 0.300. The second-order valence-corrected chi connectivity index (χ2v) is 6.75. The predicted octanol–water partition coefficient (Wildman–Crippen LogP) is 3.79. The van der Waals surface area contributed by atoms with E-state index in [0.717, 1.165) is 12.5 Å². The molecule has 1 N–H and O–H groups in total. The maximum absolute atomic E-state index is 14.8. The highest BCUT2D eigenvalue weighted by Gasteiger charge is 2.40. The number of halogens is 2. The number of nitrogens with zero attached hydrogens (tertiary/aromatic N) is 2. The first-order valence-corrected chi connectivity index (χ1v) is 8.73. The van der Waals surface area contributed by atoms with Gasteiger partial charge >= 0.3 is 0 Å². The zero-order valence-electron chi connectivity index (χ0n) is 14.6. The van der Waals surface area contributed by atoms with Crippen LogP contribution in [0.15, 0.2) is 30.3 Å². The number of rotatable bonds is 1. The van der Waals surface area contributed by atoms with Crippen LogP contribution in [0.1, 0.15) is 36.9 Å². The van der Waals surface area contributed by atoms with Crippen LogP contribution in [-0.4, -0.2) is 18.5 Å². The molecule has 2 aromatic carbocycles. The Balaban J connectivity index is 1.95. The van der Waals surface area contributed by atoms with Crippen molar-refractivity contribution in [2.45, 2.75) is 31.8 Å². The molecule has 1 fully saturated rings. The molecule has 2 aliphatic rings. The summed E-state index contributed by atoms with van der Waals surface area (Å²) < 4.78 is 34.9. The van der Waals surface area contributed by atoms with Crippen LogP contribution in [0.3, 0.4) is 0 Å². The normalized spacial score (nSPS) is 20.3. The smallest absolute Gasteiger partial charge is 0.217 e. The van der Waals surface area contributed by atoms with Gasteiger partial charge in [-0.3, -0.25) is 4.79 Å². The molecule has 2 unspecified atom stereocenters. The first-order chi connectivity index (χ1) is 13.0. The van der Waals surface area contributed by atoms with Crippen LogP contribution in [-0.2, 0) is 4.79 Å². The maximum Gasteiger partial charge on any atom is 0.217 e. The Morgan fingerprint density at radius 3 is 2.85 bits per heavy atom. The number of benzene rings is 2. The van der Waals surface area contributed by atoms with Gasteiger partial charge in [0.05, 0.1) is 28.9 Å². The third kappa shape index (κ3) is 2.87. The van der Waals surface area contributed by atoms with Gasteiger partial charge in [0.1, 0.15) is 23.5 Å². The molecule has 5 nitrogen and oxygen atoms in total. The molecule has 0 saturated carbocycles. The van der Waals surface area contributed by atoms with E-state index in [1.807, 2.05) is 11.0 Å². The zero-order valence-corrected chi connectivity index (χ0v) is 14.6. The van der Waals surface area contributed by atoms with Crippen molar-refractivity contribution >= 4 is 11.6 Å². The lowest BCUT2D eigenvalue weighted by molar-refractivity contribution is -0.120. The molecule has 27 heavy (non-hydrogen) atoms. The van der Waals surface area contributed by atoms with E-state index in [-0.39, 0.29) is 29.0 Å². The van der Waals surface area contributed by atoms with E-state index in [9.17, 15) is 18.8 Å². The number of ether oxygens (including phenoxy) is 1. The SMILES string of the molecule is CC(=O)NC1CCCN2c3cc(C#N)c(F)cc3Oc3cccc(F)c3C12. The van der Waals surface area contributed by atoms with E-state index in [0.29, 0.717) is 24.2 Å². The molecule has 0 aliphatic carbocycles. The lowest BCUT2D eigenvalue weighted by Crippen LogP contribution is -2.49. The Bertz CT molecular complexity index is 970. The second kappa shape index (κ2) is 6.54. The molecule has 4 rings (SSSR count). The van der Waals surface area contributed by atoms with Gasteiger partial charge in [0, 0.05) is 19.5 Å². The molecule has 2 aliphatic heterocycles. The zero-order chi connectivity index (χ0) is 19.1.